The molecule has 0 aliphatic rings. The number of anilines is 1. The SMILES string of the molecule is Cc1cccc(Cn2c(C(=O)NCc3ccco3)cc3cc(NC(=O)CC(C)C)ccc32)c1. The van der Waals surface area contributed by atoms with Crippen LogP contribution in [0.5, 0.6) is 0 Å². The first-order valence-corrected chi connectivity index (χ1v) is 11.2. The zero-order valence-corrected chi connectivity index (χ0v) is 19.2. The molecule has 0 aliphatic heterocycles. The van der Waals surface area contributed by atoms with Crippen LogP contribution in [0.3, 0.4) is 0 Å². The molecule has 33 heavy (non-hydrogen) atoms. The van der Waals surface area contributed by atoms with Crippen molar-refractivity contribution in [3.63, 3.8) is 0 Å². The number of hydrogen-bond acceptors (Lipinski definition) is 3. The molecule has 2 aromatic heterocycles. The molecule has 0 atom stereocenters. The van der Waals surface area contributed by atoms with E-state index in [2.05, 4.69) is 35.8 Å². The first-order valence-electron chi connectivity index (χ1n) is 11.2. The number of amides is 2. The molecule has 0 saturated carbocycles. The van der Waals surface area contributed by atoms with Gasteiger partial charge in [-0.05, 0) is 54.8 Å². The van der Waals surface area contributed by atoms with E-state index in [9.17, 15) is 9.59 Å². The van der Waals surface area contributed by atoms with Crippen LogP contribution in [-0.2, 0) is 17.9 Å². The molecule has 0 spiro atoms. The number of furan rings is 1. The maximum absolute atomic E-state index is 13.1. The fourth-order valence-corrected chi connectivity index (χ4v) is 3.95. The summed E-state index contributed by atoms with van der Waals surface area (Å²) in [6, 6.07) is 19.5. The van der Waals surface area contributed by atoms with Gasteiger partial charge >= 0.3 is 0 Å². The lowest BCUT2D eigenvalue weighted by Gasteiger charge is -2.12. The minimum absolute atomic E-state index is 0.0139. The molecule has 0 unspecified atom stereocenters. The lowest BCUT2D eigenvalue weighted by molar-refractivity contribution is -0.116. The van der Waals surface area contributed by atoms with Crippen molar-refractivity contribution in [3.8, 4) is 0 Å². The van der Waals surface area contributed by atoms with Gasteiger partial charge < -0.3 is 19.6 Å². The van der Waals surface area contributed by atoms with Gasteiger partial charge in [0.2, 0.25) is 5.91 Å². The highest BCUT2D eigenvalue weighted by Gasteiger charge is 2.17. The Bertz CT molecular complexity index is 1270. The van der Waals surface area contributed by atoms with E-state index >= 15 is 0 Å². The zero-order valence-electron chi connectivity index (χ0n) is 19.2. The van der Waals surface area contributed by atoms with E-state index in [0.29, 0.717) is 31.0 Å². The molecule has 170 valence electrons. The Hall–Kier alpha value is -3.80. The predicted molar refractivity (Wildman–Crippen MR) is 130 cm³/mol. The van der Waals surface area contributed by atoms with Gasteiger partial charge in [0.05, 0.1) is 12.8 Å². The largest absolute Gasteiger partial charge is 0.467 e. The average molecular weight is 444 g/mol. The number of aromatic nitrogens is 1. The molecule has 0 bridgehead atoms. The van der Waals surface area contributed by atoms with Crippen LogP contribution < -0.4 is 10.6 Å². The molecule has 0 aliphatic carbocycles. The number of rotatable bonds is 8. The highest BCUT2D eigenvalue weighted by molar-refractivity contribution is 6.00. The monoisotopic (exact) mass is 443 g/mol. The predicted octanol–water partition coefficient (Wildman–Crippen LogP) is 5.51. The fourth-order valence-electron chi connectivity index (χ4n) is 3.95. The van der Waals surface area contributed by atoms with E-state index in [1.54, 1.807) is 12.3 Å². The summed E-state index contributed by atoms with van der Waals surface area (Å²) in [5.74, 6) is 0.786. The summed E-state index contributed by atoms with van der Waals surface area (Å²) in [4.78, 5) is 25.3. The molecule has 4 rings (SSSR count). The molecule has 0 radical (unpaired) electrons. The number of nitrogens with one attached hydrogen (secondary N) is 2. The molecule has 0 saturated heterocycles. The summed E-state index contributed by atoms with van der Waals surface area (Å²) >= 11 is 0. The van der Waals surface area contributed by atoms with E-state index in [0.717, 1.165) is 22.2 Å². The van der Waals surface area contributed by atoms with Gasteiger partial charge in [-0.1, -0.05) is 43.7 Å². The third kappa shape index (κ3) is 5.52. The lowest BCUT2D eigenvalue weighted by Crippen LogP contribution is -2.25. The van der Waals surface area contributed by atoms with E-state index in [4.69, 9.17) is 4.42 Å². The number of benzene rings is 2. The average Bonchev–Trinajstić information content (AvgIpc) is 3.39. The smallest absolute Gasteiger partial charge is 0.268 e. The van der Waals surface area contributed by atoms with Gasteiger partial charge in [-0.25, -0.2) is 0 Å². The summed E-state index contributed by atoms with van der Waals surface area (Å²) < 4.78 is 7.35. The Morgan fingerprint density at radius 1 is 1.03 bits per heavy atom. The molecule has 6 nitrogen and oxygen atoms in total. The van der Waals surface area contributed by atoms with Crippen LogP contribution in [0, 0.1) is 12.8 Å². The van der Waals surface area contributed by atoms with Gasteiger partial charge in [-0.3, -0.25) is 9.59 Å². The van der Waals surface area contributed by atoms with Gasteiger partial charge in [0.15, 0.2) is 0 Å². The topological polar surface area (TPSA) is 76.3 Å². The van der Waals surface area contributed by atoms with Gasteiger partial charge in [0.25, 0.3) is 5.91 Å². The van der Waals surface area contributed by atoms with Crippen LogP contribution in [-0.4, -0.2) is 16.4 Å². The van der Waals surface area contributed by atoms with Gasteiger partial charge in [-0.2, -0.15) is 0 Å². The number of carbonyl (C=O) groups excluding carboxylic acids is 2. The van der Waals surface area contributed by atoms with Gasteiger partial charge in [0, 0.05) is 29.6 Å². The third-order valence-corrected chi connectivity index (χ3v) is 5.44. The normalized spacial score (nSPS) is 11.2. The minimum atomic E-state index is -0.180. The highest BCUT2D eigenvalue weighted by Crippen LogP contribution is 2.25. The number of nitrogens with zero attached hydrogens (tertiary/aromatic N) is 1. The van der Waals surface area contributed by atoms with Gasteiger partial charge in [-0.15, -0.1) is 0 Å². The maximum atomic E-state index is 13.1. The molecule has 2 heterocycles. The van der Waals surface area contributed by atoms with Crippen LogP contribution in [0.25, 0.3) is 10.9 Å². The third-order valence-electron chi connectivity index (χ3n) is 5.44. The molecule has 2 N–H and O–H groups in total. The van der Waals surface area contributed by atoms with Crippen molar-refractivity contribution in [2.24, 2.45) is 5.92 Å². The molecular weight excluding hydrogens is 414 g/mol. The summed E-state index contributed by atoms with van der Waals surface area (Å²) in [5.41, 5.74) is 4.50. The van der Waals surface area contributed by atoms with Gasteiger partial charge in [0.1, 0.15) is 11.5 Å². The van der Waals surface area contributed by atoms with E-state index in [1.165, 1.54) is 5.56 Å². The van der Waals surface area contributed by atoms with E-state index in [1.807, 2.05) is 54.8 Å². The summed E-state index contributed by atoms with van der Waals surface area (Å²) in [6.45, 7) is 6.96. The second kappa shape index (κ2) is 9.77. The van der Waals surface area contributed by atoms with Crippen molar-refractivity contribution < 1.29 is 14.0 Å². The summed E-state index contributed by atoms with van der Waals surface area (Å²) in [5, 5.41) is 6.80. The van der Waals surface area contributed by atoms with Crippen molar-refractivity contribution in [2.45, 2.75) is 40.3 Å². The van der Waals surface area contributed by atoms with E-state index < -0.39 is 0 Å². The Morgan fingerprint density at radius 2 is 1.88 bits per heavy atom. The number of carbonyl (C=O) groups is 2. The number of hydrogen-bond donors (Lipinski definition) is 2. The molecular formula is C27H29N3O3. The number of fused-ring (bicyclic) bond motifs is 1. The molecule has 0 fully saturated rings. The standard InChI is InChI=1S/C27H29N3O3/c1-18(2)12-26(31)29-22-9-10-24-21(14-22)15-25(27(32)28-16-23-8-5-11-33-23)30(24)17-20-7-4-6-19(3)13-20/h4-11,13-15,18H,12,16-17H2,1-3H3,(H,28,32)(H,29,31). The second-order valence-corrected chi connectivity index (χ2v) is 8.79. The molecule has 2 aromatic carbocycles. The Kier molecular flexibility index (Phi) is 6.63. The summed E-state index contributed by atoms with van der Waals surface area (Å²) in [7, 11) is 0. The van der Waals surface area contributed by atoms with E-state index in [-0.39, 0.29) is 17.7 Å². The first kappa shape index (κ1) is 22.4. The Morgan fingerprint density at radius 3 is 2.61 bits per heavy atom. The van der Waals surface area contributed by atoms with Crippen molar-refractivity contribution in [1.29, 1.82) is 0 Å². The lowest BCUT2D eigenvalue weighted by atomic mass is 10.1. The highest BCUT2D eigenvalue weighted by atomic mass is 16.3. The quantitative estimate of drug-likeness (QED) is 0.377. The van der Waals surface area contributed by atoms with Crippen molar-refractivity contribution >= 4 is 28.4 Å². The Balaban J connectivity index is 1.66. The minimum Gasteiger partial charge on any atom is -0.467 e. The van der Waals surface area contributed by atoms with Crippen molar-refractivity contribution in [1.82, 2.24) is 9.88 Å². The van der Waals surface area contributed by atoms with Crippen molar-refractivity contribution in [3.05, 3.63) is 89.5 Å². The summed E-state index contributed by atoms with van der Waals surface area (Å²) in [6.07, 6.45) is 2.05. The van der Waals surface area contributed by atoms with Crippen LogP contribution in [0.2, 0.25) is 0 Å². The first-order chi connectivity index (χ1) is 15.9. The zero-order chi connectivity index (χ0) is 23.4. The van der Waals surface area contributed by atoms with Crippen LogP contribution >= 0.6 is 0 Å². The number of aryl methyl sites for hydroxylation is 1. The fraction of sp³-hybridized carbons (Fsp3) is 0.259. The van der Waals surface area contributed by atoms with Crippen LogP contribution in [0.15, 0.2) is 71.3 Å². The second-order valence-electron chi connectivity index (χ2n) is 8.79. The van der Waals surface area contributed by atoms with Crippen LogP contribution in [0.4, 0.5) is 5.69 Å². The van der Waals surface area contributed by atoms with Crippen molar-refractivity contribution in [2.75, 3.05) is 5.32 Å². The Labute approximate surface area is 193 Å². The molecule has 2 amide bonds. The van der Waals surface area contributed by atoms with Crippen LogP contribution in [0.1, 0.15) is 47.6 Å². The maximum Gasteiger partial charge on any atom is 0.268 e. The molecule has 6 heteroatoms. The molecule has 4 aromatic rings.